The number of benzene rings is 2. The number of carbonyl (C=O) groups excluding carboxylic acids is 1. The molecular formula is C19H17N5O3. The summed E-state index contributed by atoms with van der Waals surface area (Å²) >= 11 is 0. The van der Waals surface area contributed by atoms with E-state index in [9.17, 15) is 4.79 Å². The molecule has 8 nitrogen and oxygen atoms in total. The number of hydrogen-bond acceptors (Lipinski definition) is 6. The molecule has 2 heterocycles. The second-order valence-corrected chi connectivity index (χ2v) is 5.93. The largest absolute Gasteiger partial charge is 0.497 e. The second-order valence-electron chi connectivity index (χ2n) is 5.93. The predicted molar refractivity (Wildman–Crippen MR) is 101 cm³/mol. The number of aryl methyl sites for hydroxylation is 1. The zero-order chi connectivity index (χ0) is 19.0. The Bertz CT molecular complexity index is 1150. The Kier molecular flexibility index (Phi) is 4.08. The Morgan fingerprint density at radius 3 is 2.41 bits per heavy atom. The van der Waals surface area contributed by atoms with E-state index in [1.54, 1.807) is 38.5 Å². The number of rotatable bonds is 4. The SMILES string of the molecule is COc1ccc(C(=O)Nc2nnc3c4cc(OC)ccc4n(C)c3n2)cc1. The number of hydrogen-bond donors (Lipinski definition) is 1. The second kappa shape index (κ2) is 6.56. The van der Waals surface area contributed by atoms with Crippen LogP contribution in [0, 0.1) is 0 Å². The molecule has 4 aromatic rings. The monoisotopic (exact) mass is 363 g/mol. The van der Waals surface area contributed by atoms with E-state index in [0.717, 1.165) is 16.7 Å². The Morgan fingerprint density at radius 2 is 1.70 bits per heavy atom. The zero-order valence-electron chi connectivity index (χ0n) is 15.1. The molecule has 2 aromatic carbocycles. The summed E-state index contributed by atoms with van der Waals surface area (Å²) < 4.78 is 12.3. The molecule has 0 aliphatic heterocycles. The molecule has 0 radical (unpaired) electrons. The lowest BCUT2D eigenvalue weighted by Crippen LogP contribution is -2.14. The summed E-state index contributed by atoms with van der Waals surface area (Å²) in [4.78, 5) is 16.9. The third kappa shape index (κ3) is 2.91. The van der Waals surface area contributed by atoms with Crippen LogP contribution in [0.25, 0.3) is 22.1 Å². The molecular weight excluding hydrogens is 346 g/mol. The summed E-state index contributed by atoms with van der Waals surface area (Å²) in [7, 11) is 5.08. The summed E-state index contributed by atoms with van der Waals surface area (Å²) in [5.41, 5.74) is 2.69. The highest BCUT2D eigenvalue weighted by molar-refractivity contribution is 6.06. The van der Waals surface area contributed by atoms with Gasteiger partial charge in [-0.25, -0.2) is 0 Å². The Balaban J connectivity index is 1.69. The van der Waals surface area contributed by atoms with Crippen LogP contribution in [0.4, 0.5) is 5.95 Å². The number of carbonyl (C=O) groups is 1. The van der Waals surface area contributed by atoms with Gasteiger partial charge in [0.15, 0.2) is 5.65 Å². The maximum absolute atomic E-state index is 12.4. The first kappa shape index (κ1) is 16.8. The topological polar surface area (TPSA) is 91.2 Å². The molecule has 0 aliphatic rings. The van der Waals surface area contributed by atoms with Crippen molar-refractivity contribution in [3.63, 3.8) is 0 Å². The summed E-state index contributed by atoms with van der Waals surface area (Å²) in [6.07, 6.45) is 0. The van der Waals surface area contributed by atoms with E-state index in [0.29, 0.717) is 22.5 Å². The zero-order valence-corrected chi connectivity index (χ0v) is 15.1. The molecule has 1 amide bonds. The van der Waals surface area contributed by atoms with E-state index >= 15 is 0 Å². The molecule has 0 saturated heterocycles. The molecule has 2 aromatic heterocycles. The molecule has 27 heavy (non-hydrogen) atoms. The van der Waals surface area contributed by atoms with Crippen LogP contribution in [-0.2, 0) is 7.05 Å². The highest BCUT2D eigenvalue weighted by Gasteiger charge is 2.15. The molecule has 136 valence electrons. The average Bonchev–Trinajstić information content (AvgIpc) is 2.99. The van der Waals surface area contributed by atoms with Crippen LogP contribution >= 0.6 is 0 Å². The fourth-order valence-corrected chi connectivity index (χ4v) is 2.93. The summed E-state index contributed by atoms with van der Waals surface area (Å²) in [5.74, 6) is 1.23. The molecule has 0 bridgehead atoms. The minimum absolute atomic E-state index is 0.140. The van der Waals surface area contributed by atoms with Crippen molar-refractivity contribution in [3.8, 4) is 11.5 Å². The number of ether oxygens (including phenoxy) is 2. The lowest BCUT2D eigenvalue weighted by molar-refractivity contribution is 0.102. The van der Waals surface area contributed by atoms with Crippen LogP contribution in [0.2, 0.25) is 0 Å². The first-order chi connectivity index (χ1) is 13.1. The molecule has 4 rings (SSSR count). The number of nitrogens with one attached hydrogen (secondary N) is 1. The van der Waals surface area contributed by atoms with Crippen molar-refractivity contribution in [2.75, 3.05) is 19.5 Å². The summed E-state index contributed by atoms with van der Waals surface area (Å²) in [6, 6.07) is 12.5. The van der Waals surface area contributed by atoms with Gasteiger partial charge in [-0.15, -0.1) is 10.2 Å². The van der Waals surface area contributed by atoms with E-state index in [4.69, 9.17) is 9.47 Å². The van der Waals surface area contributed by atoms with Gasteiger partial charge < -0.3 is 14.0 Å². The lowest BCUT2D eigenvalue weighted by atomic mass is 10.2. The van der Waals surface area contributed by atoms with Crippen LogP contribution in [-0.4, -0.2) is 39.9 Å². The van der Waals surface area contributed by atoms with E-state index in [1.807, 2.05) is 29.8 Å². The van der Waals surface area contributed by atoms with Gasteiger partial charge in [-0.2, -0.15) is 4.98 Å². The average molecular weight is 363 g/mol. The van der Waals surface area contributed by atoms with Gasteiger partial charge in [0.2, 0.25) is 0 Å². The van der Waals surface area contributed by atoms with Gasteiger partial charge in [-0.05, 0) is 42.5 Å². The van der Waals surface area contributed by atoms with Crippen LogP contribution < -0.4 is 14.8 Å². The molecule has 0 atom stereocenters. The molecule has 0 fully saturated rings. The molecule has 1 N–H and O–H groups in total. The maximum atomic E-state index is 12.4. The van der Waals surface area contributed by atoms with Gasteiger partial charge in [0.05, 0.1) is 19.7 Å². The van der Waals surface area contributed by atoms with Gasteiger partial charge in [0.1, 0.15) is 17.0 Å². The minimum atomic E-state index is -0.320. The van der Waals surface area contributed by atoms with Crippen molar-refractivity contribution < 1.29 is 14.3 Å². The highest BCUT2D eigenvalue weighted by atomic mass is 16.5. The summed E-state index contributed by atoms with van der Waals surface area (Å²) in [6.45, 7) is 0. The third-order valence-corrected chi connectivity index (χ3v) is 4.38. The molecule has 0 aliphatic carbocycles. The number of amides is 1. The quantitative estimate of drug-likeness (QED) is 0.599. The van der Waals surface area contributed by atoms with Crippen molar-refractivity contribution >= 4 is 33.9 Å². The van der Waals surface area contributed by atoms with Gasteiger partial charge in [0, 0.05) is 18.0 Å². The van der Waals surface area contributed by atoms with Gasteiger partial charge in [-0.3, -0.25) is 10.1 Å². The Labute approximate surface area is 154 Å². The number of methoxy groups -OCH3 is 2. The van der Waals surface area contributed by atoms with Crippen LogP contribution in [0.3, 0.4) is 0 Å². The first-order valence-corrected chi connectivity index (χ1v) is 8.23. The van der Waals surface area contributed by atoms with E-state index < -0.39 is 0 Å². The number of nitrogens with zero attached hydrogens (tertiary/aromatic N) is 4. The fraction of sp³-hybridized carbons (Fsp3) is 0.158. The number of aromatic nitrogens is 4. The molecule has 0 unspecified atom stereocenters. The predicted octanol–water partition coefficient (Wildman–Crippen LogP) is 2.79. The van der Waals surface area contributed by atoms with Crippen LogP contribution in [0.1, 0.15) is 10.4 Å². The fourth-order valence-electron chi connectivity index (χ4n) is 2.93. The van der Waals surface area contributed by atoms with Gasteiger partial charge in [0.25, 0.3) is 11.9 Å². The van der Waals surface area contributed by atoms with Crippen molar-refractivity contribution in [1.29, 1.82) is 0 Å². The van der Waals surface area contributed by atoms with Crippen molar-refractivity contribution in [2.24, 2.45) is 7.05 Å². The highest BCUT2D eigenvalue weighted by Crippen LogP contribution is 2.28. The third-order valence-electron chi connectivity index (χ3n) is 4.38. The maximum Gasteiger partial charge on any atom is 0.258 e. The number of fused-ring (bicyclic) bond motifs is 3. The molecule has 8 heteroatoms. The Hall–Kier alpha value is -3.68. The summed E-state index contributed by atoms with van der Waals surface area (Å²) in [5, 5.41) is 11.9. The smallest absolute Gasteiger partial charge is 0.258 e. The molecule has 0 saturated carbocycles. The van der Waals surface area contributed by atoms with Crippen molar-refractivity contribution in [2.45, 2.75) is 0 Å². The van der Waals surface area contributed by atoms with Crippen LogP contribution in [0.5, 0.6) is 11.5 Å². The normalized spacial score (nSPS) is 10.9. The van der Waals surface area contributed by atoms with E-state index in [1.165, 1.54) is 0 Å². The standard InChI is InChI=1S/C19H17N5O3/c1-24-15-9-8-13(27-3)10-14(15)16-17(24)20-19(23-22-16)21-18(25)11-4-6-12(26-2)7-5-11/h4-10H,1-3H3,(H,20,21,23,25). The van der Waals surface area contributed by atoms with Crippen molar-refractivity contribution in [1.82, 2.24) is 19.7 Å². The van der Waals surface area contributed by atoms with Gasteiger partial charge >= 0.3 is 0 Å². The van der Waals surface area contributed by atoms with E-state index in [-0.39, 0.29) is 11.9 Å². The minimum Gasteiger partial charge on any atom is -0.497 e. The lowest BCUT2D eigenvalue weighted by Gasteiger charge is -2.05. The van der Waals surface area contributed by atoms with E-state index in [2.05, 4.69) is 20.5 Å². The Morgan fingerprint density at radius 1 is 1.00 bits per heavy atom. The van der Waals surface area contributed by atoms with Crippen LogP contribution in [0.15, 0.2) is 42.5 Å². The molecule has 0 spiro atoms. The number of anilines is 1. The first-order valence-electron chi connectivity index (χ1n) is 8.23. The van der Waals surface area contributed by atoms with Crippen molar-refractivity contribution in [3.05, 3.63) is 48.0 Å². The van der Waals surface area contributed by atoms with Gasteiger partial charge in [-0.1, -0.05) is 0 Å².